The standard InChI is InChI=1S/C24H25NO5/c1-14-15(2)25-24(27)21(16(3)26)20(14)18-11-12-19(28-4)23(29-5)22(18)30-13-17-9-7-6-8-10-17/h6-12H,13H2,1-5H3,(H,25,27). The van der Waals surface area contributed by atoms with Crippen LogP contribution in [0.3, 0.4) is 0 Å². The van der Waals surface area contributed by atoms with Gasteiger partial charge in [0.2, 0.25) is 5.75 Å². The maximum atomic E-state index is 12.6. The highest BCUT2D eigenvalue weighted by Crippen LogP contribution is 2.46. The van der Waals surface area contributed by atoms with Crippen LogP contribution in [0.1, 0.15) is 34.1 Å². The van der Waals surface area contributed by atoms with Gasteiger partial charge in [-0.25, -0.2) is 0 Å². The van der Waals surface area contributed by atoms with Crippen LogP contribution < -0.4 is 19.8 Å². The number of ketones is 1. The molecule has 6 nitrogen and oxygen atoms in total. The average molecular weight is 407 g/mol. The van der Waals surface area contributed by atoms with E-state index in [1.165, 1.54) is 14.0 Å². The van der Waals surface area contributed by atoms with Crippen LogP contribution >= 0.6 is 0 Å². The lowest BCUT2D eigenvalue weighted by Crippen LogP contribution is -2.20. The van der Waals surface area contributed by atoms with E-state index in [9.17, 15) is 9.59 Å². The molecule has 0 aliphatic rings. The molecule has 0 fully saturated rings. The van der Waals surface area contributed by atoms with Crippen molar-refractivity contribution in [3.63, 3.8) is 0 Å². The monoisotopic (exact) mass is 407 g/mol. The molecule has 1 aromatic heterocycles. The predicted molar refractivity (Wildman–Crippen MR) is 116 cm³/mol. The van der Waals surface area contributed by atoms with Crippen LogP contribution in [0.25, 0.3) is 11.1 Å². The van der Waals surface area contributed by atoms with Gasteiger partial charge in [0.15, 0.2) is 17.3 Å². The van der Waals surface area contributed by atoms with Gasteiger partial charge in [0.05, 0.1) is 19.8 Å². The molecule has 3 aromatic rings. The first-order valence-corrected chi connectivity index (χ1v) is 9.55. The first kappa shape index (κ1) is 21.2. The van der Waals surface area contributed by atoms with E-state index < -0.39 is 5.56 Å². The molecule has 1 heterocycles. The van der Waals surface area contributed by atoms with Crippen molar-refractivity contribution in [1.29, 1.82) is 0 Å². The van der Waals surface area contributed by atoms with Gasteiger partial charge in [0, 0.05) is 16.8 Å². The summed E-state index contributed by atoms with van der Waals surface area (Å²) in [5, 5.41) is 0. The highest BCUT2D eigenvalue weighted by molar-refractivity contribution is 6.02. The molecular formula is C24H25NO5. The number of nitrogens with one attached hydrogen (secondary N) is 1. The second-order valence-corrected chi connectivity index (χ2v) is 6.96. The van der Waals surface area contributed by atoms with Crippen molar-refractivity contribution >= 4 is 5.78 Å². The van der Waals surface area contributed by atoms with Crippen LogP contribution in [0, 0.1) is 13.8 Å². The quantitative estimate of drug-likeness (QED) is 0.585. The van der Waals surface area contributed by atoms with Gasteiger partial charge in [-0.05, 0) is 44.0 Å². The Kier molecular flexibility index (Phi) is 6.26. The smallest absolute Gasteiger partial charge is 0.259 e. The molecule has 2 aromatic carbocycles. The molecule has 0 saturated carbocycles. The lowest BCUT2D eigenvalue weighted by molar-refractivity contribution is 0.101. The Morgan fingerprint density at radius 2 is 1.67 bits per heavy atom. The summed E-state index contributed by atoms with van der Waals surface area (Å²) in [5.74, 6) is 0.986. The fourth-order valence-corrected chi connectivity index (χ4v) is 3.46. The Balaban J connectivity index is 2.28. The molecule has 6 heteroatoms. The van der Waals surface area contributed by atoms with E-state index in [0.717, 1.165) is 11.1 Å². The zero-order valence-electron chi connectivity index (χ0n) is 17.8. The third-order valence-corrected chi connectivity index (χ3v) is 5.06. The van der Waals surface area contributed by atoms with Crippen molar-refractivity contribution in [1.82, 2.24) is 4.98 Å². The van der Waals surface area contributed by atoms with Crippen LogP contribution in [0.2, 0.25) is 0 Å². The van der Waals surface area contributed by atoms with Crippen molar-refractivity contribution in [3.05, 3.63) is 75.2 Å². The lowest BCUT2D eigenvalue weighted by Gasteiger charge is -2.20. The summed E-state index contributed by atoms with van der Waals surface area (Å²) in [6.45, 7) is 5.34. The summed E-state index contributed by atoms with van der Waals surface area (Å²) < 4.78 is 17.2. The lowest BCUT2D eigenvalue weighted by atomic mass is 9.92. The molecule has 0 aliphatic carbocycles. The number of carbonyl (C=O) groups is 1. The van der Waals surface area contributed by atoms with E-state index >= 15 is 0 Å². The molecule has 0 radical (unpaired) electrons. The minimum Gasteiger partial charge on any atom is -0.493 e. The Bertz CT molecular complexity index is 1130. The van der Waals surface area contributed by atoms with Gasteiger partial charge in [-0.15, -0.1) is 0 Å². The van der Waals surface area contributed by atoms with Gasteiger partial charge in [-0.3, -0.25) is 9.59 Å². The number of pyridine rings is 1. The number of hydrogen-bond donors (Lipinski definition) is 1. The summed E-state index contributed by atoms with van der Waals surface area (Å²) in [5.41, 5.74) is 3.24. The van der Waals surface area contributed by atoms with E-state index in [-0.39, 0.29) is 18.0 Å². The molecule has 0 saturated heterocycles. The Hall–Kier alpha value is -3.54. The first-order valence-electron chi connectivity index (χ1n) is 9.55. The van der Waals surface area contributed by atoms with E-state index in [2.05, 4.69) is 4.98 Å². The number of H-pyrrole nitrogens is 1. The molecular weight excluding hydrogens is 382 g/mol. The van der Waals surface area contributed by atoms with Crippen LogP contribution in [0.15, 0.2) is 47.3 Å². The first-order chi connectivity index (χ1) is 14.4. The molecule has 0 spiro atoms. The summed E-state index contributed by atoms with van der Waals surface area (Å²) in [7, 11) is 3.07. The highest BCUT2D eigenvalue weighted by Gasteiger charge is 2.25. The van der Waals surface area contributed by atoms with Crippen LogP contribution in [-0.2, 0) is 6.61 Å². The van der Waals surface area contributed by atoms with Gasteiger partial charge in [0.1, 0.15) is 6.61 Å². The van der Waals surface area contributed by atoms with Gasteiger partial charge in [-0.1, -0.05) is 30.3 Å². The number of methoxy groups -OCH3 is 2. The fraction of sp³-hybridized carbons (Fsp3) is 0.250. The van der Waals surface area contributed by atoms with Gasteiger partial charge in [0.25, 0.3) is 5.56 Å². The molecule has 156 valence electrons. The van der Waals surface area contributed by atoms with Gasteiger partial charge < -0.3 is 19.2 Å². The van der Waals surface area contributed by atoms with Crippen LogP contribution in [0.4, 0.5) is 0 Å². The summed E-state index contributed by atoms with van der Waals surface area (Å²) in [6, 6.07) is 13.2. The molecule has 3 rings (SSSR count). The van der Waals surface area contributed by atoms with Crippen molar-refractivity contribution in [2.45, 2.75) is 27.4 Å². The zero-order valence-corrected chi connectivity index (χ0v) is 17.8. The molecule has 0 aliphatic heterocycles. The van der Waals surface area contributed by atoms with Gasteiger partial charge in [-0.2, -0.15) is 0 Å². The van der Waals surface area contributed by atoms with Crippen molar-refractivity contribution < 1.29 is 19.0 Å². The summed E-state index contributed by atoms with van der Waals surface area (Å²) in [6.07, 6.45) is 0. The van der Waals surface area contributed by atoms with E-state index in [4.69, 9.17) is 14.2 Å². The SMILES string of the molecule is COc1ccc(-c2c(C)c(C)[nH]c(=O)c2C(C)=O)c(OCc2ccccc2)c1OC. The summed E-state index contributed by atoms with van der Waals surface area (Å²) in [4.78, 5) is 27.8. The average Bonchev–Trinajstić information content (AvgIpc) is 2.74. The highest BCUT2D eigenvalue weighted by atomic mass is 16.5. The summed E-state index contributed by atoms with van der Waals surface area (Å²) >= 11 is 0. The van der Waals surface area contributed by atoms with Gasteiger partial charge >= 0.3 is 0 Å². The number of hydrogen-bond acceptors (Lipinski definition) is 5. The molecule has 0 amide bonds. The zero-order chi connectivity index (χ0) is 21.8. The molecule has 0 atom stereocenters. The molecule has 0 bridgehead atoms. The number of benzene rings is 2. The number of aromatic amines is 1. The van der Waals surface area contributed by atoms with Crippen molar-refractivity contribution in [2.24, 2.45) is 0 Å². The molecule has 1 N–H and O–H groups in total. The second-order valence-electron chi connectivity index (χ2n) is 6.96. The number of Topliss-reactive ketones (excluding diaryl/α,β-unsaturated/α-hetero) is 1. The van der Waals surface area contributed by atoms with Crippen molar-refractivity contribution in [2.75, 3.05) is 14.2 Å². The second kappa shape index (κ2) is 8.86. The number of rotatable bonds is 7. The Labute approximate surface area is 175 Å². The molecule has 30 heavy (non-hydrogen) atoms. The third-order valence-electron chi connectivity index (χ3n) is 5.06. The predicted octanol–water partition coefficient (Wildman–Crippen LogP) is 4.46. The van der Waals surface area contributed by atoms with Crippen molar-refractivity contribution in [3.8, 4) is 28.4 Å². The number of aryl methyl sites for hydroxylation is 1. The topological polar surface area (TPSA) is 77.6 Å². The van der Waals surface area contributed by atoms with Crippen LogP contribution in [0.5, 0.6) is 17.2 Å². The number of aromatic nitrogens is 1. The van der Waals surface area contributed by atoms with E-state index in [0.29, 0.717) is 34.1 Å². The Morgan fingerprint density at radius 1 is 0.967 bits per heavy atom. The maximum absolute atomic E-state index is 12.6. The fourth-order valence-electron chi connectivity index (χ4n) is 3.46. The molecule has 0 unspecified atom stereocenters. The normalized spacial score (nSPS) is 10.6. The van der Waals surface area contributed by atoms with Crippen LogP contribution in [-0.4, -0.2) is 25.0 Å². The Morgan fingerprint density at radius 3 is 2.27 bits per heavy atom. The maximum Gasteiger partial charge on any atom is 0.259 e. The van der Waals surface area contributed by atoms with E-state index in [1.54, 1.807) is 26.2 Å². The van der Waals surface area contributed by atoms with E-state index in [1.807, 2.05) is 37.3 Å². The number of carbonyl (C=O) groups excluding carboxylic acids is 1. The minimum atomic E-state index is -0.426. The number of ether oxygens (including phenoxy) is 3. The third kappa shape index (κ3) is 3.94. The largest absolute Gasteiger partial charge is 0.493 e. The minimum absolute atomic E-state index is 0.0925.